The van der Waals surface area contributed by atoms with Crippen LogP contribution in [0.5, 0.6) is 0 Å². The van der Waals surface area contributed by atoms with Gasteiger partial charge >= 0.3 is 0 Å². The van der Waals surface area contributed by atoms with Crippen LogP contribution in [0.1, 0.15) is 56.2 Å². The highest BCUT2D eigenvalue weighted by atomic mass is 127. The Labute approximate surface area is 183 Å². The number of likely N-dealkylation sites (N-methyl/N-ethyl adjacent to an activating group) is 1. The maximum atomic E-state index is 11.9. The van der Waals surface area contributed by atoms with Crippen molar-refractivity contribution in [2.24, 2.45) is 16.8 Å². The summed E-state index contributed by atoms with van der Waals surface area (Å²) in [5.74, 6) is 2.81. The Kier molecular flexibility index (Phi) is 8.33. The van der Waals surface area contributed by atoms with Crippen molar-refractivity contribution in [2.45, 2.75) is 58.0 Å². The van der Waals surface area contributed by atoms with Gasteiger partial charge in [0.2, 0.25) is 5.91 Å². The minimum atomic E-state index is 0. The lowest BCUT2D eigenvalue weighted by Crippen LogP contribution is -2.45. The van der Waals surface area contributed by atoms with Gasteiger partial charge in [0, 0.05) is 25.5 Å². The van der Waals surface area contributed by atoms with Crippen LogP contribution >= 0.6 is 35.3 Å². The molecule has 2 aliphatic rings. The Morgan fingerprint density at radius 2 is 2.15 bits per heavy atom. The summed E-state index contributed by atoms with van der Waals surface area (Å²) in [6, 6.07) is 0.483. The van der Waals surface area contributed by atoms with Gasteiger partial charge in [-0.25, -0.2) is 9.98 Å². The first-order valence-corrected chi connectivity index (χ1v) is 10.5. The average Bonchev–Trinajstić information content (AvgIpc) is 3.32. The Bertz CT molecular complexity index is 660. The van der Waals surface area contributed by atoms with Gasteiger partial charge in [0.05, 0.1) is 12.2 Å². The molecular weight excluding hydrogens is 473 g/mol. The number of nitrogens with zero attached hydrogens (tertiary/aromatic N) is 3. The third-order valence-electron chi connectivity index (χ3n) is 5.50. The van der Waals surface area contributed by atoms with Crippen LogP contribution in [-0.2, 0) is 11.3 Å². The average molecular weight is 505 g/mol. The smallest absolute Gasteiger partial charge is 0.243 e. The predicted octanol–water partition coefficient (Wildman–Crippen LogP) is 3.20. The number of nitrogens with one attached hydrogen (secondary N) is 2. The van der Waals surface area contributed by atoms with Gasteiger partial charge < -0.3 is 15.5 Å². The molecule has 3 atom stereocenters. The molecule has 6 nitrogen and oxygen atoms in total. The van der Waals surface area contributed by atoms with Gasteiger partial charge in [-0.2, -0.15) is 0 Å². The van der Waals surface area contributed by atoms with Crippen LogP contribution in [0, 0.1) is 11.8 Å². The minimum Gasteiger partial charge on any atom is -0.353 e. The molecule has 1 amide bonds. The number of hydrogen-bond donors (Lipinski definition) is 2. The fraction of sp³-hybridized carbons (Fsp3) is 0.737. The number of carbonyl (C=O) groups is 1. The molecule has 1 heterocycles. The van der Waals surface area contributed by atoms with Crippen LogP contribution < -0.4 is 10.6 Å². The summed E-state index contributed by atoms with van der Waals surface area (Å²) in [6.45, 7) is 5.11. The number of guanidine groups is 1. The molecule has 8 heteroatoms. The molecule has 3 unspecified atom stereocenters. The first-order chi connectivity index (χ1) is 12.4. The molecule has 2 bridgehead atoms. The van der Waals surface area contributed by atoms with E-state index in [4.69, 9.17) is 0 Å². The lowest BCUT2D eigenvalue weighted by atomic mass is 9.95. The second kappa shape index (κ2) is 10.0. The van der Waals surface area contributed by atoms with E-state index >= 15 is 0 Å². The Morgan fingerprint density at radius 1 is 1.37 bits per heavy atom. The summed E-state index contributed by atoms with van der Waals surface area (Å²) in [6.07, 6.45) is 5.25. The number of rotatable bonds is 6. The number of aliphatic imine (C=N–C) groups is 1. The van der Waals surface area contributed by atoms with Crippen LogP contribution in [0.2, 0.25) is 0 Å². The maximum absolute atomic E-state index is 11.9. The Balaban J connectivity index is 0.00000261. The molecule has 152 valence electrons. The number of fused-ring (bicyclic) bond motifs is 2. The van der Waals surface area contributed by atoms with Crippen molar-refractivity contribution in [1.29, 1.82) is 0 Å². The lowest BCUT2D eigenvalue weighted by Gasteiger charge is -2.25. The number of hydrogen-bond acceptors (Lipinski definition) is 4. The van der Waals surface area contributed by atoms with E-state index in [9.17, 15) is 4.79 Å². The van der Waals surface area contributed by atoms with Crippen LogP contribution in [0.25, 0.3) is 0 Å². The third kappa shape index (κ3) is 6.04. The third-order valence-corrected chi connectivity index (χ3v) is 6.37. The van der Waals surface area contributed by atoms with Gasteiger partial charge in [-0.05, 0) is 37.0 Å². The molecular formula is C19H32IN5OS. The maximum Gasteiger partial charge on any atom is 0.243 e. The predicted molar refractivity (Wildman–Crippen MR) is 122 cm³/mol. The lowest BCUT2D eigenvalue weighted by molar-refractivity contribution is -0.127. The number of aromatic nitrogens is 1. The van der Waals surface area contributed by atoms with E-state index in [0.717, 1.165) is 28.5 Å². The van der Waals surface area contributed by atoms with Crippen LogP contribution in [0.15, 0.2) is 10.4 Å². The summed E-state index contributed by atoms with van der Waals surface area (Å²) in [5.41, 5.74) is 1.13. The van der Waals surface area contributed by atoms with Gasteiger partial charge in [0.25, 0.3) is 0 Å². The standard InChI is InChI=1S/C19H31N5OS.HI/c1-12(2)16-11-26-17(22-16)9-20-19(21-10-18(25)24(3)4)23-15-8-13-5-6-14(15)7-13;/h11-15H,5-10H2,1-4H3,(H2,20,21,23);1H. The molecule has 27 heavy (non-hydrogen) atoms. The summed E-state index contributed by atoms with van der Waals surface area (Å²) < 4.78 is 0. The van der Waals surface area contributed by atoms with Gasteiger partial charge in [0.15, 0.2) is 5.96 Å². The van der Waals surface area contributed by atoms with Gasteiger partial charge in [-0.3, -0.25) is 4.79 Å². The zero-order chi connectivity index (χ0) is 18.7. The topological polar surface area (TPSA) is 69.6 Å². The molecule has 0 saturated heterocycles. The molecule has 3 rings (SSSR count). The zero-order valence-electron chi connectivity index (χ0n) is 16.7. The first kappa shape index (κ1) is 22.4. The number of carbonyl (C=O) groups excluding carboxylic acids is 1. The van der Waals surface area contributed by atoms with E-state index < -0.39 is 0 Å². The van der Waals surface area contributed by atoms with E-state index in [1.54, 1.807) is 30.3 Å². The van der Waals surface area contributed by atoms with Crippen molar-refractivity contribution < 1.29 is 4.79 Å². The number of amides is 1. The molecule has 0 aromatic carbocycles. The molecule has 0 aliphatic heterocycles. The van der Waals surface area contributed by atoms with Crippen LogP contribution in [-0.4, -0.2) is 48.4 Å². The molecule has 2 saturated carbocycles. The highest BCUT2D eigenvalue weighted by Crippen LogP contribution is 2.44. The van der Waals surface area contributed by atoms with Crippen molar-refractivity contribution >= 4 is 47.2 Å². The van der Waals surface area contributed by atoms with E-state index in [1.165, 1.54) is 25.7 Å². The second-order valence-corrected chi connectivity index (χ2v) is 9.00. The van der Waals surface area contributed by atoms with Crippen molar-refractivity contribution in [2.75, 3.05) is 20.6 Å². The summed E-state index contributed by atoms with van der Waals surface area (Å²) in [5, 5.41) is 10.1. The summed E-state index contributed by atoms with van der Waals surface area (Å²) in [7, 11) is 3.52. The molecule has 1 aromatic rings. The van der Waals surface area contributed by atoms with Crippen molar-refractivity contribution in [3.63, 3.8) is 0 Å². The number of halogens is 1. The van der Waals surface area contributed by atoms with E-state index in [-0.39, 0.29) is 36.4 Å². The van der Waals surface area contributed by atoms with E-state index in [2.05, 4.69) is 39.8 Å². The molecule has 2 fully saturated rings. The van der Waals surface area contributed by atoms with Crippen LogP contribution in [0.3, 0.4) is 0 Å². The SMILES string of the molecule is CC(C)c1csc(CNC(=NCC(=O)N(C)C)NC2CC3CCC2C3)n1.I. The highest BCUT2D eigenvalue weighted by Gasteiger charge is 2.39. The fourth-order valence-corrected chi connectivity index (χ4v) is 4.76. The zero-order valence-corrected chi connectivity index (χ0v) is 19.8. The highest BCUT2D eigenvalue weighted by molar-refractivity contribution is 14.0. The molecule has 1 aromatic heterocycles. The van der Waals surface area contributed by atoms with E-state index in [0.29, 0.717) is 18.5 Å². The van der Waals surface area contributed by atoms with Crippen molar-refractivity contribution in [1.82, 2.24) is 20.5 Å². The fourth-order valence-electron chi connectivity index (χ4n) is 3.87. The first-order valence-electron chi connectivity index (χ1n) is 9.61. The Morgan fingerprint density at radius 3 is 2.70 bits per heavy atom. The largest absolute Gasteiger partial charge is 0.353 e. The quantitative estimate of drug-likeness (QED) is 0.354. The normalized spacial score (nSPS) is 24.0. The number of thiazole rings is 1. The summed E-state index contributed by atoms with van der Waals surface area (Å²) in [4.78, 5) is 22.7. The van der Waals surface area contributed by atoms with Crippen LogP contribution in [0.4, 0.5) is 0 Å². The van der Waals surface area contributed by atoms with Gasteiger partial charge in [0.1, 0.15) is 11.6 Å². The molecule has 2 aliphatic carbocycles. The van der Waals surface area contributed by atoms with Gasteiger partial charge in [-0.1, -0.05) is 20.3 Å². The molecule has 2 N–H and O–H groups in total. The monoisotopic (exact) mass is 505 g/mol. The van der Waals surface area contributed by atoms with E-state index in [1.807, 2.05) is 0 Å². The second-order valence-electron chi connectivity index (χ2n) is 8.05. The van der Waals surface area contributed by atoms with Crippen molar-refractivity contribution in [3.05, 3.63) is 16.1 Å². The minimum absolute atomic E-state index is 0. The summed E-state index contributed by atoms with van der Waals surface area (Å²) >= 11 is 1.67. The van der Waals surface area contributed by atoms with Crippen molar-refractivity contribution in [3.8, 4) is 0 Å². The van der Waals surface area contributed by atoms with Gasteiger partial charge in [-0.15, -0.1) is 35.3 Å². The molecule has 0 spiro atoms. The molecule has 0 radical (unpaired) electrons. The Hall–Kier alpha value is -0.900.